The highest BCUT2D eigenvalue weighted by Crippen LogP contribution is 2.15. The summed E-state index contributed by atoms with van der Waals surface area (Å²) < 4.78 is 36.4. The van der Waals surface area contributed by atoms with E-state index in [2.05, 4.69) is 5.32 Å². The first kappa shape index (κ1) is 15.1. The maximum absolute atomic E-state index is 13.4. The number of rotatable bonds is 4. The molecular weight excluding hydrogens is 273 g/mol. The first-order valence-corrected chi connectivity index (χ1v) is 6.99. The van der Waals surface area contributed by atoms with Crippen LogP contribution in [-0.4, -0.2) is 38.5 Å². The summed E-state index contributed by atoms with van der Waals surface area (Å²) in [6, 6.07) is 5.30. The zero-order valence-electron chi connectivity index (χ0n) is 10.3. The second kappa shape index (κ2) is 5.77. The number of benzene rings is 1. The Morgan fingerprint density at radius 2 is 2.16 bits per heavy atom. The van der Waals surface area contributed by atoms with E-state index in [1.54, 1.807) is 0 Å². The molecule has 0 bridgehead atoms. The SMILES string of the molecule is CN(CC(=O)Nc1cc(C#N)ccc1F)S(C)(=O)=O. The first-order valence-electron chi connectivity index (χ1n) is 5.15. The number of nitrogens with one attached hydrogen (secondary N) is 1. The minimum absolute atomic E-state index is 0.161. The van der Waals surface area contributed by atoms with Gasteiger partial charge in [-0.15, -0.1) is 0 Å². The molecule has 1 rings (SSSR count). The van der Waals surface area contributed by atoms with Gasteiger partial charge >= 0.3 is 0 Å². The van der Waals surface area contributed by atoms with Crippen LogP contribution < -0.4 is 5.32 Å². The molecule has 8 heteroatoms. The molecule has 0 saturated heterocycles. The van der Waals surface area contributed by atoms with Gasteiger partial charge in [0.25, 0.3) is 0 Å². The first-order chi connectivity index (χ1) is 8.74. The minimum Gasteiger partial charge on any atom is -0.322 e. The van der Waals surface area contributed by atoms with Crippen molar-refractivity contribution < 1.29 is 17.6 Å². The number of nitriles is 1. The average Bonchev–Trinajstić information content (AvgIpc) is 2.30. The van der Waals surface area contributed by atoms with Crippen molar-refractivity contribution in [1.82, 2.24) is 4.31 Å². The van der Waals surface area contributed by atoms with E-state index in [0.29, 0.717) is 0 Å². The Kier molecular flexibility index (Phi) is 4.58. The third-order valence-corrected chi connectivity index (χ3v) is 3.56. The number of carbonyl (C=O) groups is 1. The van der Waals surface area contributed by atoms with E-state index >= 15 is 0 Å². The lowest BCUT2D eigenvalue weighted by Crippen LogP contribution is -2.34. The van der Waals surface area contributed by atoms with E-state index in [0.717, 1.165) is 16.6 Å². The third-order valence-electron chi connectivity index (χ3n) is 2.30. The molecule has 0 unspecified atom stereocenters. The number of amides is 1. The lowest BCUT2D eigenvalue weighted by Gasteiger charge is -2.14. The molecule has 0 aliphatic rings. The summed E-state index contributed by atoms with van der Waals surface area (Å²) >= 11 is 0. The van der Waals surface area contributed by atoms with Crippen molar-refractivity contribution in [3.63, 3.8) is 0 Å². The highest BCUT2D eigenvalue weighted by molar-refractivity contribution is 7.88. The van der Waals surface area contributed by atoms with Crippen LogP contribution in [0.3, 0.4) is 0 Å². The fraction of sp³-hybridized carbons (Fsp3) is 0.273. The summed E-state index contributed by atoms with van der Waals surface area (Å²) in [6.07, 6.45) is 0.956. The van der Waals surface area contributed by atoms with Crippen molar-refractivity contribution in [2.75, 3.05) is 25.2 Å². The van der Waals surface area contributed by atoms with E-state index in [9.17, 15) is 17.6 Å². The molecule has 0 aromatic heterocycles. The van der Waals surface area contributed by atoms with Gasteiger partial charge in [0, 0.05) is 7.05 Å². The molecule has 0 aliphatic heterocycles. The smallest absolute Gasteiger partial charge is 0.239 e. The molecule has 102 valence electrons. The molecule has 0 heterocycles. The second-order valence-electron chi connectivity index (χ2n) is 3.87. The molecule has 1 aromatic rings. The standard InChI is InChI=1S/C11H12FN3O3S/c1-15(19(2,17)18)7-11(16)14-10-5-8(6-13)3-4-9(10)12/h3-5H,7H2,1-2H3,(H,14,16). The summed E-state index contributed by atoms with van der Waals surface area (Å²) in [7, 11) is -2.25. The molecule has 0 saturated carbocycles. The highest BCUT2D eigenvalue weighted by atomic mass is 32.2. The van der Waals surface area contributed by atoms with Crippen molar-refractivity contribution in [1.29, 1.82) is 5.26 Å². The van der Waals surface area contributed by atoms with Crippen molar-refractivity contribution in [3.05, 3.63) is 29.6 Å². The predicted octanol–water partition coefficient (Wildman–Crippen LogP) is 0.527. The van der Waals surface area contributed by atoms with E-state index < -0.39 is 28.3 Å². The fourth-order valence-electron chi connectivity index (χ4n) is 1.20. The predicted molar refractivity (Wildman–Crippen MR) is 67.2 cm³/mol. The van der Waals surface area contributed by atoms with Crippen LogP contribution in [-0.2, 0) is 14.8 Å². The molecule has 0 radical (unpaired) electrons. The van der Waals surface area contributed by atoms with Crippen LogP contribution >= 0.6 is 0 Å². The number of nitrogens with zero attached hydrogens (tertiary/aromatic N) is 2. The van der Waals surface area contributed by atoms with E-state index in [-0.39, 0.29) is 11.3 Å². The van der Waals surface area contributed by atoms with Gasteiger partial charge in [0.2, 0.25) is 15.9 Å². The van der Waals surface area contributed by atoms with Crippen LogP contribution in [0.25, 0.3) is 0 Å². The number of carbonyl (C=O) groups excluding carboxylic acids is 1. The minimum atomic E-state index is -3.49. The van der Waals surface area contributed by atoms with Crippen molar-refractivity contribution in [3.8, 4) is 6.07 Å². The fourth-order valence-corrected chi connectivity index (χ4v) is 1.55. The largest absolute Gasteiger partial charge is 0.322 e. The van der Waals surface area contributed by atoms with Crippen molar-refractivity contribution >= 4 is 21.6 Å². The zero-order chi connectivity index (χ0) is 14.6. The number of halogens is 1. The van der Waals surface area contributed by atoms with Crippen molar-refractivity contribution in [2.45, 2.75) is 0 Å². The topological polar surface area (TPSA) is 90.3 Å². The second-order valence-corrected chi connectivity index (χ2v) is 5.96. The number of likely N-dealkylation sites (N-methyl/N-ethyl adjacent to an activating group) is 1. The lowest BCUT2D eigenvalue weighted by atomic mass is 10.2. The van der Waals surface area contributed by atoms with Gasteiger partial charge in [-0.1, -0.05) is 0 Å². The van der Waals surface area contributed by atoms with Crippen LogP contribution in [0.2, 0.25) is 0 Å². The lowest BCUT2D eigenvalue weighted by molar-refractivity contribution is -0.116. The maximum Gasteiger partial charge on any atom is 0.239 e. The number of hydrogen-bond acceptors (Lipinski definition) is 4. The van der Waals surface area contributed by atoms with Crippen LogP contribution in [0.5, 0.6) is 0 Å². The molecule has 0 fully saturated rings. The summed E-state index contributed by atoms with van der Waals surface area (Å²) in [4.78, 5) is 11.6. The highest BCUT2D eigenvalue weighted by Gasteiger charge is 2.16. The van der Waals surface area contributed by atoms with Crippen molar-refractivity contribution in [2.24, 2.45) is 0 Å². The Bertz CT molecular complexity index is 637. The summed E-state index contributed by atoms with van der Waals surface area (Å²) in [5, 5.41) is 10.9. The molecule has 1 aromatic carbocycles. The van der Waals surface area contributed by atoms with E-state index in [1.165, 1.54) is 19.2 Å². The molecule has 0 aliphatic carbocycles. The Labute approximate surface area is 110 Å². The van der Waals surface area contributed by atoms with Gasteiger partial charge in [-0.25, -0.2) is 12.8 Å². The van der Waals surface area contributed by atoms with Gasteiger partial charge in [-0.2, -0.15) is 9.57 Å². The number of anilines is 1. The van der Waals surface area contributed by atoms with Crippen LogP contribution in [0.1, 0.15) is 5.56 Å². The molecule has 1 amide bonds. The van der Waals surface area contributed by atoms with Gasteiger partial charge < -0.3 is 5.32 Å². The summed E-state index contributed by atoms with van der Waals surface area (Å²) in [5.74, 6) is -1.39. The van der Waals surface area contributed by atoms with Crippen LogP contribution in [0, 0.1) is 17.1 Å². The van der Waals surface area contributed by atoms with E-state index in [4.69, 9.17) is 5.26 Å². The third kappa shape index (κ3) is 4.31. The van der Waals surface area contributed by atoms with Gasteiger partial charge in [-0.05, 0) is 18.2 Å². The number of sulfonamides is 1. The summed E-state index contributed by atoms with van der Waals surface area (Å²) in [6.45, 7) is -0.435. The molecular formula is C11H12FN3O3S. The monoisotopic (exact) mass is 285 g/mol. The molecule has 1 N–H and O–H groups in total. The molecule has 0 atom stereocenters. The molecule has 0 spiro atoms. The van der Waals surface area contributed by atoms with Gasteiger partial charge in [0.15, 0.2) is 0 Å². The summed E-state index contributed by atoms with van der Waals surface area (Å²) in [5.41, 5.74) is 0.0270. The quantitative estimate of drug-likeness (QED) is 0.873. The maximum atomic E-state index is 13.4. The Morgan fingerprint density at radius 1 is 1.53 bits per heavy atom. The molecule has 19 heavy (non-hydrogen) atoms. The van der Waals surface area contributed by atoms with Crippen LogP contribution in [0.4, 0.5) is 10.1 Å². The van der Waals surface area contributed by atoms with E-state index in [1.807, 2.05) is 6.07 Å². The van der Waals surface area contributed by atoms with Crippen LogP contribution in [0.15, 0.2) is 18.2 Å². The van der Waals surface area contributed by atoms with Gasteiger partial charge in [0.1, 0.15) is 5.82 Å². The Morgan fingerprint density at radius 3 is 2.68 bits per heavy atom. The van der Waals surface area contributed by atoms with Gasteiger partial charge in [-0.3, -0.25) is 4.79 Å². The normalized spacial score (nSPS) is 11.1. The zero-order valence-corrected chi connectivity index (χ0v) is 11.2. The average molecular weight is 285 g/mol. The van der Waals surface area contributed by atoms with Gasteiger partial charge in [0.05, 0.1) is 30.1 Å². The number of hydrogen-bond donors (Lipinski definition) is 1. The Balaban J connectivity index is 2.81. The molecule has 6 nitrogen and oxygen atoms in total. The Hall–Kier alpha value is -1.98.